The van der Waals surface area contributed by atoms with Crippen LogP contribution in [0.3, 0.4) is 0 Å². The summed E-state index contributed by atoms with van der Waals surface area (Å²) in [5.41, 5.74) is -3.01. The smallest absolute Gasteiger partial charge is 0.430 e. The van der Waals surface area contributed by atoms with Gasteiger partial charge in [-0.2, -0.15) is 13.2 Å². The number of halogens is 3. The van der Waals surface area contributed by atoms with E-state index in [9.17, 15) is 22.8 Å². The summed E-state index contributed by atoms with van der Waals surface area (Å²) in [5, 5.41) is 2.19. The molecule has 0 aromatic heterocycles. The molecule has 0 bridgehead atoms. The summed E-state index contributed by atoms with van der Waals surface area (Å²) >= 11 is 0. The summed E-state index contributed by atoms with van der Waals surface area (Å²) in [6, 6.07) is 18.1. The van der Waals surface area contributed by atoms with Crippen molar-refractivity contribution in [1.29, 1.82) is 0 Å². The molecule has 0 aliphatic carbocycles. The first kappa shape index (κ1) is 32.4. The third-order valence-electron chi connectivity index (χ3n) is 6.19. The number of benzene rings is 3. The van der Waals surface area contributed by atoms with Gasteiger partial charge in [-0.25, -0.2) is 4.79 Å². The van der Waals surface area contributed by atoms with E-state index in [0.717, 1.165) is 24.8 Å². The van der Waals surface area contributed by atoms with Gasteiger partial charge in [-0.05, 0) is 23.3 Å². The number of carbonyl (C=O) groups is 2. The van der Waals surface area contributed by atoms with Crippen LogP contribution in [-0.2, 0) is 40.7 Å². The predicted molar refractivity (Wildman–Crippen MR) is 145 cm³/mol. The van der Waals surface area contributed by atoms with Crippen LogP contribution in [-0.4, -0.2) is 59.4 Å². The molecule has 12 heteroatoms. The average molecular weight is 592 g/mol. The molecule has 9 nitrogen and oxygen atoms in total. The van der Waals surface area contributed by atoms with Crippen molar-refractivity contribution >= 4 is 11.9 Å². The van der Waals surface area contributed by atoms with Gasteiger partial charge in [0.1, 0.15) is 6.61 Å². The first-order chi connectivity index (χ1) is 20.2. The number of alkyl halides is 3. The van der Waals surface area contributed by atoms with E-state index in [1.165, 1.54) is 50.6 Å². The van der Waals surface area contributed by atoms with Crippen molar-refractivity contribution in [1.82, 2.24) is 5.32 Å². The van der Waals surface area contributed by atoms with E-state index in [-0.39, 0.29) is 31.1 Å². The molecular formula is C30H32F3NO8. The first-order valence-electron chi connectivity index (χ1n) is 12.7. The van der Waals surface area contributed by atoms with Crippen molar-refractivity contribution in [3.63, 3.8) is 0 Å². The third-order valence-corrected chi connectivity index (χ3v) is 6.19. The number of rotatable bonds is 15. The van der Waals surface area contributed by atoms with Gasteiger partial charge >= 0.3 is 12.1 Å². The lowest BCUT2D eigenvalue weighted by Gasteiger charge is -2.34. The lowest BCUT2D eigenvalue weighted by atomic mass is 9.91. The van der Waals surface area contributed by atoms with E-state index < -0.39 is 42.1 Å². The molecule has 0 fully saturated rings. The maximum atomic E-state index is 14.5. The fraction of sp³-hybridized carbons (Fsp3) is 0.333. The first-order valence-corrected chi connectivity index (χ1v) is 12.7. The molecule has 0 aliphatic heterocycles. The van der Waals surface area contributed by atoms with E-state index in [4.69, 9.17) is 28.4 Å². The molecule has 0 saturated heterocycles. The summed E-state index contributed by atoms with van der Waals surface area (Å²) in [4.78, 5) is 26.7. The molecule has 0 aliphatic rings. The van der Waals surface area contributed by atoms with Crippen molar-refractivity contribution in [2.75, 3.05) is 41.3 Å². The van der Waals surface area contributed by atoms with Crippen LogP contribution in [0.25, 0.3) is 0 Å². The maximum Gasteiger partial charge on any atom is 0.430 e. The highest BCUT2D eigenvalue weighted by Gasteiger charge is 2.63. The topological polar surface area (TPSA) is 102 Å². The third kappa shape index (κ3) is 7.78. The lowest BCUT2D eigenvalue weighted by molar-refractivity contribution is -0.266. The standard InChI is InChI=1S/C30H32F3NO8/c1-37-16-17-40-20-42-27(35)26(34-28(36)29(39-3,30(31,32)33)23-12-8-5-9-13-23)22-14-15-24(38-2)25(18-22)41-19-21-10-6-4-7-11-21/h4-15,18,26H,16-17,19-20H2,1-3H3,(H,34,36)/t26-,29-/m1/s1. The molecule has 226 valence electrons. The molecule has 42 heavy (non-hydrogen) atoms. The Hall–Kier alpha value is -4.13. The van der Waals surface area contributed by atoms with Gasteiger partial charge in [-0.3, -0.25) is 4.79 Å². The molecule has 0 unspecified atom stereocenters. The van der Waals surface area contributed by atoms with Crippen molar-refractivity contribution in [3.8, 4) is 11.5 Å². The average Bonchev–Trinajstić information content (AvgIpc) is 2.99. The highest BCUT2D eigenvalue weighted by Crippen LogP contribution is 2.43. The van der Waals surface area contributed by atoms with Gasteiger partial charge in [0, 0.05) is 19.8 Å². The zero-order valence-corrected chi connectivity index (χ0v) is 23.3. The molecule has 0 spiro atoms. The molecule has 0 heterocycles. The number of carbonyl (C=O) groups excluding carboxylic acids is 2. The summed E-state index contributed by atoms with van der Waals surface area (Å²) in [7, 11) is 3.63. The predicted octanol–water partition coefficient (Wildman–Crippen LogP) is 4.70. The molecule has 0 saturated carbocycles. The van der Waals surface area contributed by atoms with Crippen LogP contribution in [0.4, 0.5) is 13.2 Å². The monoisotopic (exact) mass is 591 g/mol. The quantitative estimate of drug-likeness (QED) is 0.154. The summed E-state index contributed by atoms with van der Waals surface area (Å²) in [5.74, 6) is -2.24. The van der Waals surface area contributed by atoms with E-state index in [0.29, 0.717) is 5.75 Å². The minimum atomic E-state index is -5.20. The summed E-state index contributed by atoms with van der Waals surface area (Å²) in [6.45, 7) is -0.0905. The fourth-order valence-corrected chi connectivity index (χ4v) is 4.04. The van der Waals surface area contributed by atoms with E-state index in [1.54, 1.807) is 0 Å². The molecule has 2 atom stereocenters. The number of hydrogen-bond donors (Lipinski definition) is 1. The van der Waals surface area contributed by atoms with E-state index >= 15 is 0 Å². The minimum absolute atomic E-state index is 0.0642. The van der Waals surface area contributed by atoms with Gasteiger partial charge in [0.15, 0.2) is 24.3 Å². The molecule has 1 amide bonds. The maximum absolute atomic E-state index is 14.5. The van der Waals surface area contributed by atoms with Gasteiger partial charge in [0.05, 0.1) is 20.3 Å². The summed E-state index contributed by atoms with van der Waals surface area (Å²) in [6.07, 6.45) is -5.20. The van der Waals surface area contributed by atoms with Crippen LogP contribution >= 0.6 is 0 Å². The van der Waals surface area contributed by atoms with Crippen molar-refractivity contribution < 1.29 is 51.2 Å². The van der Waals surface area contributed by atoms with Gasteiger partial charge in [0.25, 0.3) is 11.5 Å². The zero-order valence-electron chi connectivity index (χ0n) is 23.3. The minimum Gasteiger partial charge on any atom is -0.493 e. The number of amides is 1. The van der Waals surface area contributed by atoms with Gasteiger partial charge in [0.2, 0.25) is 0 Å². The lowest BCUT2D eigenvalue weighted by Crippen LogP contribution is -2.57. The Balaban J connectivity index is 1.99. The molecule has 3 aromatic rings. The Morgan fingerprint density at radius 3 is 2.12 bits per heavy atom. The number of hydrogen-bond acceptors (Lipinski definition) is 8. The van der Waals surface area contributed by atoms with Gasteiger partial charge in [-0.1, -0.05) is 66.7 Å². The number of esters is 1. The van der Waals surface area contributed by atoms with Crippen LogP contribution in [0.2, 0.25) is 0 Å². The SMILES string of the molecule is COCCOCOC(=O)[C@H](NC(=O)[C@](OC)(c1ccccc1)C(F)(F)F)c1ccc(OC)c(OCc2ccccc2)c1. The van der Waals surface area contributed by atoms with Crippen LogP contribution < -0.4 is 14.8 Å². The second-order valence-electron chi connectivity index (χ2n) is 8.82. The van der Waals surface area contributed by atoms with Crippen LogP contribution in [0, 0.1) is 0 Å². The fourth-order valence-electron chi connectivity index (χ4n) is 4.04. The summed E-state index contributed by atoms with van der Waals surface area (Å²) < 4.78 is 74.9. The Morgan fingerprint density at radius 1 is 0.857 bits per heavy atom. The normalized spacial score (nSPS) is 13.5. The Kier molecular flexibility index (Phi) is 11.7. The Labute approximate surface area is 241 Å². The number of nitrogens with one attached hydrogen (secondary N) is 1. The Morgan fingerprint density at radius 2 is 1.52 bits per heavy atom. The van der Waals surface area contributed by atoms with Gasteiger partial charge in [-0.15, -0.1) is 0 Å². The number of ether oxygens (including phenoxy) is 6. The largest absolute Gasteiger partial charge is 0.493 e. The molecule has 3 aromatic carbocycles. The van der Waals surface area contributed by atoms with Gasteiger partial charge < -0.3 is 33.7 Å². The van der Waals surface area contributed by atoms with E-state index in [2.05, 4.69) is 5.32 Å². The van der Waals surface area contributed by atoms with Crippen molar-refractivity contribution in [2.45, 2.75) is 24.4 Å². The molecule has 0 radical (unpaired) electrons. The van der Waals surface area contributed by atoms with Crippen molar-refractivity contribution in [2.24, 2.45) is 0 Å². The molecular weight excluding hydrogens is 559 g/mol. The zero-order chi connectivity index (χ0) is 30.6. The van der Waals surface area contributed by atoms with E-state index in [1.807, 2.05) is 30.3 Å². The van der Waals surface area contributed by atoms with Crippen molar-refractivity contribution in [3.05, 3.63) is 95.6 Å². The second-order valence-corrected chi connectivity index (χ2v) is 8.82. The Bertz CT molecular complexity index is 1290. The van der Waals surface area contributed by atoms with Crippen LogP contribution in [0.1, 0.15) is 22.7 Å². The number of methoxy groups -OCH3 is 3. The highest BCUT2D eigenvalue weighted by atomic mass is 19.4. The highest BCUT2D eigenvalue weighted by molar-refractivity contribution is 5.92. The second kappa shape index (κ2) is 15.2. The molecule has 1 N–H and O–H groups in total. The molecule has 3 rings (SSSR count). The van der Waals surface area contributed by atoms with Crippen LogP contribution in [0.15, 0.2) is 78.9 Å². The van der Waals surface area contributed by atoms with Crippen LogP contribution in [0.5, 0.6) is 11.5 Å².